The van der Waals surface area contributed by atoms with E-state index in [4.69, 9.17) is 4.74 Å². The van der Waals surface area contributed by atoms with E-state index in [1.807, 2.05) is 0 Å². The van der Waals surface area contributed by atoms with Gasteiger partial charge in [0.05, 0.1) is 10.3 Å². The number of carbonyl (C=O) groups is 2. The highest BCUT2D eigenvalue weighted by Crippen LogP contribution is 2.60. The third-order valence-electron chi connectivity index (χ3n) is 6.47. The van der Waals surface area contributed by atoms with E-state index in [9.17, 15) is 19.7 Å². The first-order valence-corrected chi connectivity index (χ1v) is 9.61. The van der Waals surface area contributed by atoms with Crippen LogP contribution >= 0.6 is 0 Å². The predicted octanol–water partition coefficient (Wildman–Crippen LogP) is 3.68. The first kappa shape index (κ1) is 17.9. The zero-order chi connectivity index (χ0) is 19.2. The molecule has 7 heteroatoms. The van der Waals surface area contributed by atoms with Crippen molar-refractivity contribution in [3.63, 3.8) is 0 Å². The molecule has 0 aliphatic heterocycles. The van der Waals surface area contributed by atoms with Crippen molar-refractivity contribution in [1.29, 1.82) is 0 Å². The molecule has 1 aromatic rings. The highest BCUT2D eigenvalue weighted by Gasteiger charge is 2.55. The van der Waals surface area contributed by atoms with Gasteiger partial charge in [-0.3, -0.25) is 19.7 Å². The number of carbonyl (C=O) groups excluding carboxylic acids is 2. The maximum Gasteiger partial charge on any atom is 0.312 e. The van der Waals surface area contributed by atoms with Crippen LogP contribution in [0.5, 0.6) is 0 Å². The van der Waals surface area contributed by atoms with Gasteiger partial charge >= 0.3 is 5.97 Å². The molecule has 0 aromatic heterocycles. The standard InChI is InChI=1S/C20H24N2O5/c1-12(18(23)21-16-2-4-17(5-3-16)22(25)26)27-19(24)20-9-13-6-14(10-20)8-15(7-13)11-20/h2-5,12-15H,6-11H2,1H3,(H,21,23). The number of nitro benzene ring substituents is 1. The number of nitrogens with zero attached hydrogens (tertiary/aromatic N) is 1. The molecule has 4 aliphatic rings. The monoisotopic (exact) mass is 372 g/mol. The van der Waals surface area contributed by atoms with Crippen molar-refractivity contribution in [1.82, 2.24) is 0 Å². The Balaban J connectivity index is 1.37. The average molecular weight is 372 g/mol. The number of nitrogens with one attached hydrogen (secondary N) is 1. The summed E-state index contributed by atoms with van der Waals surface area (Å²) in [7, 11) is 0. The molecule has 1 amide bonds. The molecule has 0 saturated heterocycles. The van der Waals surface area contributed by atoms with Gasteiger partial charge in [-0.25, -0.2) is 0 Å². The quantitative estimate of drug-likeness (QED) is 0.483. The number of nitro groups is 1. The van der Waals surface area contributed by atoms with Gasteiger partial charge in [-0.2, -0.15) is 0 Å². The summed E-state index contributed by atoms with van der Waals surface area (Å²) in [4.78, 5) is 35.5. The second-order valence-electron chi connectivity index (χ2n) is 8.54. The normalized spacial score (nSPS) is 32.0. The van der Waals surface area contributed by atoms with Gasteiger partial charge in [0.1, 0.15) is 0 Å². The van der Waals surface area contributed by atoms with Gasteiger partial charge in [0.15, 0.2) is 6.10 Å². The van der Waals surface area contributed by atoms with Crippen molar-refractivity contribution in [2.75, 3.05) is 5.32 Å². The molecule has 7 nitrogen and oxygen atoms in total. The molecule has 144 valence electrons. The summed E-state index contributed by atoms with van der Waals surface area (Å²) in [6, 6.07) is 5.57. The van der Waals surface area contributed by atoms with Gasteiger partial charge in [0, 0.05) is 17.8 Å². The van der Waals surface area contributed by atoms with Crippen molar-refractivity contribution < 1.29 is 19.2 Å². The molecule has 4 fully saturated rings. The molecule has 0 spiro atoms. The molecular formula is C20H24N2O5. The first-order valence-electron chi connectivity index (χ1n) is 9.61. The fourth-order valence-electron chi connectivity index (χ4n) is 5.61. The SMILES string of the molecule is CC(OC(=O)C12CC3CC(CC(C3)C1)C2)C(=O)Nc1ccc([N+](=O)[O-])cc1. The first-order chi connectivity index (χ1) is 12.8. The number of rotatable bonds is 5. The van der Waals surface area contributed by atoms with Gasteiger partial charge in [0.25, 0.3) is 11.6 Å². The lowest BCUT2D eigenvalue weighted by atomic mass is 9.49. The van der Waals surface area contributed by atoms with Crippen LogP contribution in [-0.4, -0.2) is 22.9 Å². The number of esters is 1. The van der Waals surface area contributed by atoms with Crippen LogP contribution in [0.1, 0.15) is 45.4 Å². The van der Waals surface area contributed by atoms with Crippen LogP contribution in [-0.2, 0) is 14.3 Å². The molecule has 1 N–H and O–H groups in total. The maximum atomic E-state index is 12.9. The minimum Gasteiger partial charge on any atom is -0.452 e. The number of hydrogen-bond acceptors (Lipinski definition) is 5. The van der Waals surface area contributed by atoms with E-state index in [2.05, 4.69) is 5.32 Å². The van der Waals surface area contributed by atoms with E-state index in [1.165, 1.54) is 43.5 Å². The Hall–Kier alpha value is -2.44. The Bertz CT molecular complexity index is 738. The fourth-order valence-corrected chi connectivity index (χ4v) is 5.61. The van der Waals surface area contributed by atoms with Gasteiger partial charge in [-0.15, -0.1) is 0 Å². The second kappa shape index (κ2) is 6.62. The zero-order valence-electron chi connectivity index (χ0n) is 15.3. The van der Waals surface area contributed by atoms with E-state index in [1.54, 1.807) is 6.92 Å². The Morgan fingerprint density at radius 3 is 2.11 bits per heavy atom. The van der Waals surface area contributed by atoms with Crippen LogP contribution in [0, 0.1) is 33.3 Å². The second-order valence-corrected chi connectivity index (χ2v) is 8.54. The smallest absolute Gasteiger partial charge is 0.312 e. The van der Waals surface area contributed by atoms with Gasteiger partial charge in [0.2, 0.25) is 0 Å². The summed E-state index contributed by atoms with van der Waals surface area (Å²) < 4.78 is 5.57. The molecule has 5 rings (SSSR count). The molecule has 0 radical (unpaired) electrons. The van der Waals surface area contributed by atoms with Gasteiger partial charge < -0.3 is 10.1 Å². The lowest BCUT2D eigenvalue weighted by Crippen LogP contribution is -2.51. The zero-order valence-corrected chi connectivity index (χ0v) is 15.3. The average Bonchev–Trinajstić information content (AvgIpc) is 2.60. The Labute approximate surface area is 157 Å². The molecular weight excluding hydrogens is 348 g/mol. The number of ether oxygens (including phenoxy) is 1. The molecule has 4 aliphatic carbocycles. The number of hydrogen-bond donors (Lipinski definition) is 1. The molecule has 4 saturated carbocycles. The van der Waals surface area contributed by atoms with Gasteiger partial charge in [-0.1, -0.05) is 0 Å². The maximum absolute atomic E-state index is 12.9. The van der Waals surface area contributed by atoms with Crippen LogP contribution in [0.15, 0.2) is 24.3 Å². The summed E-state index contributed by atoms with van der Waals surface area (Å²) in [6.07, 6.45) is 5.51. The van der Waals surface area contributed by atoms with Crippen molar-refractivity contribution >= 4 is 23.3 Å². The minimum atomic E-state index is -0.902. The third-order valence-corrected chi connectivity index (χ3v) is 6.47. The van der Waals surface area contributed by atoms with Crippen LogP contribution in [0.2, 0.25) is 0 Å². The van der Waals surface area contributed by atoms with E-state index < -0.39 is 22.3 Å². The number of anilines is 1. The van der Waals surface area contributed by atoms with E-state index in [-0.39, 0.29) is 11.7 Å². The topological polar surface area (TPSA) is 98.5 Å². The Morgan fingerprint density at radius 2 is 1.63 bits per heavy atom. The number of benzene rings is 1. The van der Waals surface area contributed by atoms with Crippen molar-refractivity contribution in [2.45, 2.75) is 51.6 Å². The largest absolute Gasteiger partial charge is 0.452 e. The Kier molecular flexibility index (Phi) is 4.40. The summed E-state index contributed by atoms with van der Waals surface area (Å²) in [5, 5.41) is 13.3. The van der Waals surface area contributed by atoms with Crippen LogP contribution in [0.4, 0.5) is 11.4 Å². The summed E-state index contributed by atoms with van der Waals surface area (Å²) in [6.45, 7) is 1.57. The predicted molar refractivity (Wildman–Crippen MR) is 97.9 cm³/mol. The van der Waals surface area contributed by atoms with Gasteiger partial charge in [-0.05, 0) is 75.3 Å². The molecule has 4 bridgehead atoms. The van der Waals surface area contributed by atoms with Crippen molar-refractivity contribution in [3.8, 4) is 0 Å². The lowest BCUT2D eigenvalue weighted by Gasteiger charge is -2.55. The summed E-state index contributed by atoms with van der Waals surface area (Å²) in [5.74, 6) is 1.24. The fraction of sp³-hybridized carbons (Fsp3) is 0.600. The molecule has 1 atom stereocenters. The van der Waals surface area contributed by atoms with E-state index in [0.717, 1.165) is 19.3 Å². The number of non-ortho nitro benzene ring substituents is 1. The highest BCUT2D eigenvalue weighted by molar-refractivity contribution is 5.95. The molecule has 0 heterocycles. The number of amides is 1. The molecule has 1 aromatic carbocycles. The third kappa shape index (κ3) is 3.42. The van der Waals surface area contributed by atoms with Crippen molar-refractivity contribution in [2.24, 2.45) is 23.2 Å². The minimum absolute atomic E-state index is 0.0470. The molecule has 27 heavy (non-hydrogen) atoms. The van der Waals surface area contributed by atoms with Crippen LogP contribution < -0.4 is 5.32 Å². The highest BCUT2D eigenvalue weighted by atomic mass is 16.6. The summed E-state index contributed by atoms with van der Waals surface area (Å²) in [5.41, 5.74) is -0.00555. The lowest BCUT2D eigenvalue weighted by molar-refractivity contribution is -0.384. The van der Waals surface area contributed by atoms with E-state index in [0.29, 0.717) is 23.4 Å². The van der Waals surface area contributed by atoms with E-state index >= 15 is 0 Å². The summed E-state index contributed by atoms with van der Waals surface area (Å²) >= 11 is 0. The Morgan fingerprint density at radius 1 is 1.11 bits per heavy atom. The van der Waals surface area contributed by atoms with Crippen LogP contribution in [0.3, 0.4) is 0 Å². The molecule has 1 unspecified atom stereocenters. The van der Waals surface area contributed by atoms with Crippen LogP contribution in [0.25, 0.3) is 0 Å². The van der Waals surface area contributed by atoms with Crippen molar-refractivity contribution in [3.05, 3.63) is 34.4 Å².